The van der Waals surface area contributed by atoms with Crippen LogP contribution in [0.4, 0.5) is 5.69 Å². The monoisotopic (exact) mass is 671 g/mol. The lowest BCUT2D eigenvalue weighted by molar-refractivity contribution is 1.14. The third-order valence-corrected chi connectivity index (χ3v) is 11.1. The van der Waals surface area contributed by atoms with Gasteiger partial charge in [-0.2, -0.15) is 0 Å². The maximum absolute atomic E-state index is 7.99. The van der Waals surface area contributed by atoms with Gasteiger partial charge in [-0.05, 0) is 101 Å². The first-order valence-electron chi connectivity index (χ1n) is 17.9. The smallest absolute Gasteiger partial charge is 0.195 e. The van der Waals surface area contributed by atoms with E-state index in [1.54, 1.807) is 0 Å². The van der Waals surface area contributed by atoms with Gasteiger partial charge in [0.05, 0.1) is 29.5 Å². The summed E-state index contributed by atoms with van der Waals surface area (Å²) in [5.41, 5.74) is 11.2. The van der Waals surface area contributed by atoms with Crippen molar-refractivity contribution < 1.29 is 0 Å². The van der Waals surface area contributed by atoms with Gasteiger partial charge in [0.1, 0.15) is 0 Å². The van der Waals surface area contributed by atoms with E-state index >= 15 is 0 Å². The van der Waals surface area contributed by atoms with Gasteiger partial charge in [-0.25, -0.2) is 4.85 Å². The van der Waals surface area contributed by atoms with Crippen LogP contribution < -0.4 is 0 Å². The summed E-state index contributed by atoms with van der Waals surface area (Å²) in [7, 11) is 0. The SMILES string of the molecule is [C-]#[N+]c1ccc2c3c1ccc1c(-c4c5ccccc5c(-c5ccc(-c6ccccc6)c6ccccc56)c5ccccc45)ccc(c13)n2-c1cccnc1. The van der Waals surface area contributed by atoms with Crippen molar-refractivity contribution in [1.29, 1.82) is 0 Å². The minimum absolute atomic E-state index is 0.667. The molecule has 3 heteroatoms. The van der Waals surface area contributed by atoms with Crippen LogP contribution >= 0.6 is 0 Å². The Balaban J connectivity index is 1.25. The van der Waals surface area contributed by atoms with Gasteiger partial charge in [-0.15, -0.1) is 0 Å². The molecule has 0 fully saturated rings. The molecule has 0 aliphatic carbocycles. The zero-order chi connectivity index (χ0) is 35.0. The number of fused-ring (bicyclic) bond motifs is 3. The first kappa shape index (κ1) is 29.5. The molecule has 244 valence electrons. The molecule has 9 aromatic carbocycles. The second kappa shape index (κ2) is 11.4. The van der Waals surface area contributed by atoms with E-state index in [0.29, 0.717) is 5.69 Å². The summed E-state index contributed by atoms with van der Waals surface area (Å²) in [5, 5.41) is 11.8. The molecule has 11 rings (SSSR count). The minimum Gasteiger partial charge on any atom is -0.308 e. The molecular weight excluding hydrogens is 643 g/mol. The second-order valence-electron chi connectivity index (χ2n) is 13.7. The standard InChI is InChI=1S/C50H29N3/c1-51-44-26-28-46-50-43(44)24-23-42-41(25-27-45(49(42)50)53(46)32-14-11-29-52-30-32)48-38-19-9-7-17-36(38)47(37-18-8-10-20-39(37)48)40-22-21-33(31-12-3-2-4-13-31)34-15-5-6-16-35(34)40/h2-30H. The molecule has 3 nitrogen and oxygen atoms in total. The van der Waals surface area contributed by atoms with Crippen molar-refractivity contribution in [2.24, 2.45) is 0 Å². The number of hydrogen-bond donors (Lipinski definition) is 0. The minimum atomic E-state index is 0.667. The highest BCUT2D eigenvalue weighted by atomic mass is 15.0. The summed E-state index contributed by atoms with van der Waals surface area (Å²) in [6, 6.07) is 59.0. The zero-order valence-electron chi connectivity index (χ0n) is 28.6. The average Bonchev–Trinajstić information content (AvgIpc) is 3.57. The third-order valence-electron chi connectivity index (χ3n) is 11.1. The van der Waals surface area contributed by atoms with Crippen LogP contribution in [0.15, 0.2) is 176 Å². The van der Waals surface area contributed by atoms with Crippen molar-refractivity contribution in [2.45, 2.75) is 0 Å². The summed E-state index contributed by atoms with van der Waals surface area (Å²) in [4.78, 5) is 8.40. The van der Waals surface area contributed by atoms with Gasteiger partial charge < -0.3 is 4.57 Å². The van der Waals surface area contributed by atoms with Crippen molar-refractivity contribution in [3.63, 3.8) is 0 Å². The number of rotatable bonds is 4. The Morgan fingerprint density at radius 1 is 0.415 bits per heavy atom. The molecule has 0 atom stereocenters. The molecule has 11 aromatic rings. The topological polar surface area (TPSA) is 22.2 Å². The fourth-order valence-electron chi connectivity index (χ4n) is 8.92. The molecule has 0 aliphatic rings. The van der Waals surface area contributed by atoms with Gasteiger partial charge in [0, 0.05) is 17.0 Å². The summed E-state index contributed by atoms with van der Waals surface area (Å²) in [6.45, 7) is 7.99. The molecular formula is C50H29N3. The van der Waals surface area contributed by atoms with E-state index in [4.69, 9.17) is 6.57 Å². The summed E-state index contributed by atoms with van der Waals surface area (Å²) >= 11 is 0. The van der Waals surface area contributed by atoms with Crippen LogP contribution in [0.2, 0.25) is 0 Å². The van der Waals surface area contributed by atoms with Gasteiger partial charge >= 0.3 is 0 Å². The van der Waals surface area contributed by atoms with E-state index in [1.807, 2.05) is 24.5 Å². The van der Waals surface area contributed by atoms with Gasteiger partial charge in [0.15, 0.2) is 5.69 Å². The van der Waals surface area contributed by atoms with Crippen LogP contribution in [0.1, 0.15) is 0 Å². The van der Waals surface area contributed by atoms with Gasteiger partial charge in [-0.3, -0.25) is 4.98 Å². The Morgan fingerprint density at radius 2 is 0.925 bits per heavy atom. The molecule has 2 heterocycles. The lowest BCUT2D eigenvalue weighted by atomic mass is 9.82. The Kier molecular flexibility index (Phi) is 6.32. The van der Waals surface area contributed by atoms with Crippen molar-refractivity contribution >= 4 is 70.6 Å². The van der Waals surface area contributed by atoms with Crippen molar-refractivity contribution in [3.8, 4) is 39.1 Å². The molecule has 0 spiro atoms. The summed E-state index contributed by atoms with van der Waals surface area (Å²) in [6.07, 6.45) is 3.72. The molecule has 0 bridgehead atoms. The predicted molar refractivity (Wildman–Crippen MR) is 222 cm³/mol. The fourth-order valence-corrected chi connectivity index (χ4v) is 8.92. The van der Waals surface area contributed by atoms with Gasteiger partial charge in [-0.1, -0.05) is 140 Å². The first-order valence-corrected chi connectivity index (χ1v) is 17.9. The molecule has 53 heavy (non-hydrogen) atoms. The van der Waals surface area contributed by atoms with E-state index in [2.05, 4.69) is 166 Å². The summed E-state index contributed by atoms with van der Waals surface area (Å²) in [5.74, 6) is 0. The average molecular weight is 672 g/mol. The van der Waals surface area contributed by atoms with Crippen molar-refractivity contribution in [3.05, 3.63) is 188 Å². The van der Waals surface area contributed by atoms with E-state index in [-0.39, 0.29) is 0 Å². The largest absolute Gasteiger partial charge is 0.308 e. The molecule has 0 N–H and O–H groups in total. The molecule has 0 unspecified atom stereocenters. The van der Waals surface area contributed by atoms with Crippen molar-refractivity contribution in [1.82, 2.24) is 9.55 Å². The van der Waals surface area contributed by atoms with Crippen LogP contribution in [0.3, 0.4) is 0 Å². The fraction of sp³-hybridized carbons (Fsp3) is 0. The lowest BCUT2D eigenvalue weighted by Gasteiger charge is -2.20. The number of benzene rings is 9. The molecule has 0 saturated carbocycles. The van der Waals surface area contributed by atoms with Gasteiger partial charge in [0.25, 0.3) is 0 Å². The first-order chi connectivity index (χ1) is 26.3. The Hall–Kier alpha value is -7.28. The highest BCUT2D eigenvalue weighted by Crippen LogP contribution is 2.50. The number of hydrogen-bond acceptors (Lipinski definition) is 1. The number of pyridine rings is 1. The Labute approximate surface area is 305 Å². The quantitative estimate of drug-likeness (QED) is 0.104. The molecule has 0 radical (unpaired) electrons. The molecule has 0 aliphatic heterocycles. The maximum atomic E-state index is 7.99. The van der Waals surface area contributed by atoms with Crippen LogP contribution in [-0.4, -0.2) is 9.55 Å². The third kappa shape index (κ3) is 4.18. The highest BCUT2D eigenvalue weighted by Gasteiger charge is 2.24. The van der Waals surface area contributed by atoms with Gasteiger partial charge in [0.2, 0.25) is 0 Å². The molecule has 2 aromatic heterocycles. The lowest BCUT2D eigenvalue weighted by Crippen LogP contribution is -1.95. The van der Waals surface area contributed by atoms with E-state index in [0.717, 1.165) is 27.5 Å². The van der Waals surface area contributed by atoms with Crippen LogP contribution in [-0.2, 0) is 0 Å². The maximum Gasteiger partial charge on any atom is 0.195 e. The number of aromatic nitrogens is 2. The zero-order valence-corrected chi connectivity index (χ0v) is 28.6. The van der Waals surface area contributed by atoms with E-state index < -0.39 is 0 Å². The van der Waals surface area contributed by atoms with E-state index in [1.165, 1.54) is 76.5 Å². The highest BCUT2D eigenvalue weighted by molar-refractivity contribution is 6.31. The summed E-state index contributed by atoms with van der Waals surface area (Å²) < 4.78 is 2.29. The molecule has 0 amide bonds. The number of nitrogens with zero attached hydrogens (tertiary/aromatic N) is 3. The van der Waals surface area contributed by atoms with Crippen LogP contribution in [0.25, 0.3) is 109 Å². The second-order valence-corrected chi connectivity index (χ2v) is 13.7. The normalized spacial score (nSPS) is 11.8. The van der Waals surface area contributed by atoms with Crippen LogP contribution in [0.5, 0.6) is 0 Å². The van der Waals surface area contributed by atoms with Crippen molar-refractivity contribution in [2.75, 3.05) is 0 Å². The Morgan fingerprint density at radius 3 is 1.55 bits per heavy atom. The molecule has 0 saturated heterocycles. The predicted octanol–water partition coefficient (Wildman–Crippen LogP) is 13.8. The van der Waals surface area contributed by atoms with E-state index in [9.17, 15) is 0 Å². The van der Waals surface area contributed by atoms with Crippen LogP contribution in [0, 0.1) is 6.57 Å². The Bertz CT molecular complexity index is 3220.